The largest absolute Gasteiger partial charge is 0.340 e. The van der Waals surface area contributed by atoms with Gasteiger partial charge < -0.3 is 4.90 Å². The molecular formula is C15H21N5OS. The van der Waals surface area contributed by atoms with Crippen LogP contribution in [0.5, 0.6) is 0 Å². The van der Waals surface area contributed by atoms with Crippen molar-refractivity contribution in [3.05, 3.63) is 28.7 Å². The molecule has 1 aliphatic rings. The zero-order valence-electron chi connectivity index (χ0n) is 13.0. The zero-order chi connectivity index (χ0) is 15.5. The van der Waals surface area contributed by atoms with E-state index < -0.39 is 0 Å². The van der Waals surface area contributed by atoms with E-state index in [1.807, 2.05) is 4.90 Å². The number of rotatable bonds is 4. The van der Waals surface area contributed by atoms with E-state index in [-0.39, 0.29) is 12.5 Å². The maximum absolute atomic E-state index is 12.4. The van der Waals surface area contributed by atoms with Crippen LogP contribution in [0.1, 0.15) is 49.2 Å². The highest BCUT2D eigenvalue weighted by Gasteiger charge is 2.27. The molecule has 1 fully saturated rings. The van der Waals surface area contributed by atoms with E-state index in [9.17, 15) is 4.79 Å². The zero-order valence-corrected chi connectivity index (χ0v) is 13.8. The van der Waals surface area contributed by atoms with Crippen molar-refractivity contribution >= 4 is 17.2 Å². The van der Waals surface area contributed by atoms with Crippen LogP contribution in [0.2, 0.25) is 0 Å². The first kappa shape index (κ1) is 15.1. The SMILES string of the molecule is CC(C)c1csc(C2CCCN(C(=O)Cn3cncn3)C2)n1. The van der Waals surface area contributed by atoms with Gasteiger partial charge in [-0.1, -0.05) is 13.8 Å². The number of piperidine rings is 1. The summed E-state index contributed by atoms with van der Waals surface area (Å²) in [6.07, 6.45) is 5.17. The number of hydrogen-bond donors (Lipinski definition) is 0. The summed E-state index contributed by atoms with van der Waals surface area (Å²) >= 11 is 1.73. The molecule has 22 heavy (non-hydrogen) atoms. The Morgan fingerprint density at radius 3 is 3.05 bits per heavy atom. The van der Waals surface area contributed by atoms with E-state index in [4.69, 9.17) is 4.98 Å². The van der Waals surface area contributed by atoms with Gasteiger partial charge >= 0.3 is 0 Å². The third kappa shape index (κ3) is 3.35. The number of hydrogen-bond acceptors (Lipinski definition) is 5. The molecule has 2 aromatic rings. The van der Waals surface area contributed by atoms with Crippen LogP contribution in [0.25, 0.3) is 0 Å². The number of carbonyl (C=O) groups is 1. The van der Waals surface area contributed by atoms with Crippen molar-refractivity contribution in [2.45, 2.75) is 45.1 Å². The molecule has 7 heteroatoms. The molecule has 2 aromatic heterocycles. The van der Waals surface area contributed by atoms with Crippen LogP contribution in [-0.4, -0.2) is 43.6 Å². The predicted molar refractivity (Wildman–Crippen MR) is 84.8 cm³/mol. The highest BCUT2D eigenvalue weighted by Crippen LogP contribution is 2.30. The molecule has 1 aliphatic heterocycles. The minimum Gasteiger partial charge on any atom is -0.340 e. The van der Waals surface area contributed by atoms with Crippen LogP contribution in [0.3, 0.4) is 0 Å². The molecule has 0 N–H and O–H groups in total. The fourth-order valence-electron chi connectivity index (χ4n) is 2.71. The van der Waals surface area contributed by atoms with E-state index in [1.165, 1.54) is 11.3 Å². The first-order valence-corrected chi connectivity index (χ1v) is 8.57. The number of thiazole rings is 1. The molecule has 1 atom stereocenters. The standard InChI is InChI=1S/C15H21N5OS/c1-11(2)13-8-22-15(18-13)12-4-3-5-19(6-12)14(21)7-20-10-16-9-17-20/h8-12H,3-7H2,1-2H3. The molecule has 0 bridgehead atoms. The third-order valence-corrected chi connectivity index (χ3v) is 5.04. The van der Waals surface area contributed by atoms with Crippen molar-refractivity contribution in [2.24, 2.45) is 0 Å². The van der Waals surface area contributed by atoms with E-state index in [0.717, 1.165) is 31.6 Å². The van der Waals surface area contributed by atoms with Gasteiger partial charge in [-0.15, -0.1) is 11.3 Å². The van der Waals surface area contributed by atoms with E-state index in [0.29, 0.717) is 11.8 Å². The Bertz CT molecular complexity index is 622. The molecule has 1 saturated heterocycles. The van der Waals surface area contributed by atoms with Gasteiger partial charge in [0.15, 0.2) is 0 Å². The molecule has 1 unspecified atom stereocenters. The fourth-order valence-corrected chi connectivity index (χ4v) is 3.82. The molecule has 0 spiro atoms. The second-order valence-electron chi connectivity index (χ2n) is 6.04. The highest BCUT2D eigenvalue weighted by molar-refractivity contribution is 7.09. The fraction of sp³-hybridized carbons (Fsp3) is 0.600. The second-order valence-corrected chi connectivity index (χ2v) is 6.93. The van der Waals surface area contributed by atoms with Crippen LogP contribution in [0.15, 0.2) is 18.0 Å². The van der Waals surface area contributed by atoms with Crippen molar-refractivity contribution in [2.75, 3.05) is 13.1 Å². The Labute approximate surface area is 134 Å². The molecule has 1 amide bonds. The minimum atomic E-state index is 0.107. The van der Waals surface area contributed by atoms with E-state index >= 15 is 0 Å². The van der Waals surface area contributed by atoms with Crippen LogP contribution in [0, 0.1) is 0 Å². The van der Waals surface area contributed by atoms with Gasteiger partial charge in [0.25, 0.3) is 0 Å². The number of likely N-dealkylation sites (tertiary alicyclic amines) is 1. The number of carbonyl (C=O) groups excluding carboxylic acids is 1. The van der Waals surface area contributed by atoms with Crippen LogP contribution in [0.4, 0.5) is 0 Å². The highest BCUT2D eigenvalue weighted by atomic mass is 32.1. The molecule has 0 aliphatic carbocycles. The average Bonchev–Trinajstić information content (AvgIpc) is 3.18. The van der Waals surface area contributed by atoms with E-state index in [2.05, 4.69) is 29.3 Å². The molecule has 6 nitrogen and oxygen atoms in total. The van der Waals surface area contributed by atoms with Gasteiger partial charge in [0.1, 0.15) is 19.2 Å². The number of nitrogens with zero attached hydrogens (tertiary/aromatic N) is 5. The molecule has 0 radical (unpaired) electrons. The first-order valence-electron chi connectivity index (χ1n) is 7.69. The van der Waals surface area contributed by atoms with Gasteiger partial charge in [-0.3, -0.25) is 4.79 Å². The number of amides is 1. The quantitative estimate of drug-likeness (QED) is 0.867. The Morgan fingerprint density at radius 1 is 1.50 bits per heavy atom. The molecule has 0 saturated carbocycles. The smallest absolute Gasteiger partial charge is 0.244 e. The van der Waals surface area contributed by atoms with Gasteiger partial charge in [0.2, 0.25) is 5.91 Å². The first-order chi connectivity index (χ1) is 10.6. The van der Waals surface area contributed by atoms with Crippen molar-refractivity contribution in [3.8, 4) is 0 Å². The summed E-state index contributed by atoms with van der Waals surface area (Å²) in [6.45, 7) is 6.17. The Morgan fingerprint density at radius 2 is 2.36 bits per heavy atom. The third-order valence-electron chi connectivity index (χ3n) is 4.02. The summed E-state index contributed by atoms with van der Waals surface area (Å²) in [5.41, 5.74) is 1.16. The molecular weight excluding hydrogens is 298 g/mol. The average molecular weight is 319 g/mol. The minimum absolute atomic E-state index is 0.107. The molecule has 3 heterocycles. The summed E-state index contributed by atoms with van der Waals surface area (Å²) in [7, 11) is 0. The van der Waals surface area contributed by atoms with E-state index in [1.54, 1.807) is 22.3 Å². The van der Waals surface area contributed by atoms with Crippen LogP contribution >= 0.6 is 11.3 Å². The maximum Gasteiger partial charge on any atom is 0.244 e. The lowest BCUT2D eigenvalue weighted by Gasteiger charge is -2.31. The normalized spacial score (nSPS) is 18.9. The lowest BCUT2D eigenvalue weighted by atomic mass is 9.98. The summed E-state index contributed by atoms with van der Waals surface area (Å²) in [6, 6.07) is 0. The van der Waals surface area contributed by atoms with Crippen LogP contribution in [-0.2, 0) is 11.3 Å². The lowest BCUT2D eigenvalue weighted by molar-refractivity contribution is -0.133. The maximum atomic E-state index is 12.4. The Balaban J connectivity index is 1.64. The van der Waals surface area contributed by atoms with Crippen molar-refractivity contribution in [1.29, 1.82) is 0 Å². The van der Waals surface area contributed by atoms with Crippen LogP contribution < -0.4 is 0 Å². The summed E-state index contributed by atoms with van der Waals surface area (Å²) < 4.78 is 1.58. The summed E-state index contributed by atoms with van der Waals surface area (Å²) in [5, 5.41) is 7.32. The topological polar surface area (TPSA) is 63.9 Å². The lowest BCUT2D eigenvalue weighted by Crippen LogP contribution is -2.40. The predicted octanol–water partition coefficient (Wildman–Crippen LogP) is 2.26. The van der Waals surface area contributed by atoms with Crippen molar-refractivity contribution in [1.82, 2.24) is 24.6 Å². The molecule has 118 valence electrons. The van der Waals surface area contributed by atoms with Crippen molar-refractivity contribution in [3.63, 3.8) is 0 Å². The second kappa shape index (κ2) is 6.56. The van der Waals surface area contributed by atoms with Gasteiger partial charge in [-0.05, 0) is 18.8 Å². The Kier molecular flexibility index (Phi) is 4.52. The van der Waals surface area contributed by atoms with Gasteiger partial charge in [0, 0.05) is 24.4 Å². The number of aromatic nitrogens is 4. The summed E-state index contributed by atoms with van der Waals surface area (Å²) in [5.74, 6) is 0.931. The molecule has 0 aromatic carbocycles. The Hall–Kier alpha value is -1.76. The summed E-state index contributed by atoms with van der Waals surface area (Å²) in [4.78, 5) is 22.9. The van der Waals surface area contributed by atoms with Crippen molar-refractivity contribution < 1.29 is 4.79 Å². The van der Waals surface area contributed by atoms with Gasteiger partial charge in [-0.25, -0.2) is 14.6 Å². The monoisotopic (exact) mass is 319 g/mol. The van der Waals surface area contributed by atoms with Gasteiger partial charge in [0.05, 0.1) is 10.7 Å². The van der Waals surface area contributed by atoms with Gasteiger partial charge in [-0.2, -0.15) is 5.10 Å². The molecule has 3 rings (SSSR count).